The lowest BCUT2D eigenvalue weighted by Gasteiger charge is -2.09. The number of imidazole rings is 1. The van der Waals surface area contributed by atoms with Gasteiger partial charge >= 0.3 is 0 Å². The van der Waals surface area contributed by atoms with Gasteiger partial charge in [-0.1, -0.05) is 6.58 Å². The molecule has 0 spiro atoms. The standard InChI is InChI=1S/C13H22N8/c1-11(15-17-12(2)19(4)8-7-14-3)16-18-13-20(5)9-10-21(13)6/h7-10,14H,2H2,1,3-6H3/p+1/b8-7-,16-11+,17-15?. The second-order valence-electron chi connectivity index (χ2n) is 4.47. The molecule has 0 fully saturated rings. The molecule has 0 aliphatic rings. The molecular formula is C13H23N8+. The fourth-order valence-electron chi connectivity index (χ4n) is 1.36. The van der Waals surface area contributed by atoms with Crippen LogP contribution in [0.15, 0.2) is 57.6 Å². The highest BCUT2D eigenvalue weighted by Crippen LogP contribution is 2.01. The Bertz CT molecular complexity index is 606. The molecule has 0 aromatic carbocycles. The fourth-order valence-corrected chi connectivity index (χ4v) is 1.36. The maximum absolute atomic E-state index is 4.14. The SMILES string of the molecule is C=C(N=N/C(C)=N/N=c1n(C)ccn1C)N(C)/C=C\[NH2+]C. The molecular weight excluding hydrogens is 268 g/mol. The van der Waals surface area contributed by atoms with Crippen LogP contribution in [0.4, 0.5) is 0 Å². The van der Waals surface area contributed by atoms with Crippen LogP contribution in [0.5, 0.6) is 0 Å². The van der Waals surface area contributed by atoms with E-state index in [4.69, 9.17) is 0 Å². The predicted octanol–water partition coefficient (Wildman–Crippen LogP) is 0.117. The zero-order chi connectivity index (χ0) is 15.8. The van der Waals surface area contributed by atoms with Crippen LogP contribution in [0.3, 0.4) is 0 Å². The minimum absolute atomic E-state index is 0.455. The van der Waals surface area contributed by atoms with Crippen molar-refractivity contribution in [1.29, 1.82) is 0 Å². The van der Waals surface area contributed by atoms with Crippen molar-refractivity contribution in [2.75, 3.05) is 14.1 Å². The van der Waals surface area contributed by atoms with Gasteiger partial charge in [0.1, 0.15) is 12.0 Å². The van der Waals surface area contributed by atoms with Gasteiger partial charge in [0.05, 0.1) is 13.2 Å². The Kier molecular flexibility index (Phi) is 6.28. The highest BCUT2D eigenvalue weighted by atomic mass is 15.3. The van der Waals surface area contributed by atoms with E-state index >= 15 is 0 Å². The summed E-state index contributed by atoms with van der Waals surface area (Å²) in [5, 5.41) is 18.1. The van der Waals surface area contributed by atoms with E-state index in [1.807, 2.05) is 67.4 Å². The van der Waals surface area contributed by atoms with Gasteiger partial charge in [0.15, 0.2) is 5.84 Å². The van der Waals surface area contributed by atoms with Crippen molar-refractivity contribution < 1.29 is 5.32 Å². The maximum Gasteiger partial charge on any atom is 0.229 e. The zero-order valence-corrected chi connectivity index (χ0v) is 13.2. The van der Waals surface area contributed by atoms with Gasteiger partial charge in [0.25, 0.3) is 0 Å². The highest BCUT2D eigenvalue weighted by Gasteiger charge is 1.96. The van der Waals surface area contributed by atoms with E-state index in [-0.39, 0.29) is 0 Å². The van der Waals surface area contributed by atoms with Gasteiger partial charge < -0.3 is 19.4 Å². The first-order valence-corrected chi connectivity index (χ1v) is 6.51. The van der Waals surface area contributed by atoms with E-state index in [9.17, 15) is 0 Å². The third-order valence-corrected chi connectivity index (χ3v) is 2.65. The Balaban J connectivity index is 2.77. The average Bonchev–Trinajstić information content (AvgIpc) is 2.78. The first kappa shape index (κ1) is 16.6. The van der Waals surface area contributed by atoms with E-state index in [1.165, 1.54) is 0 Å². The molecule has 2 N–H and O–H groups in total. The van der Waals surface area contributed by atoms with Crippen LogP contribution in [-0.4, -0.2) is 34.0 Å². The number of hydrogen-bond donors (Lipinski definition) is 1. The highest BCUT2D eigenvalue weighted by molar-refractivity contribution is 5.79. The van der Waals surface area contributed by atoms with Crippen LogP contribution in [-0.2, 0) is 14.1 Å². The van der Waals surface area contributed by atoms with Crippen LogP contribution >= 0.6 is 0 Å². The van der Waals surface area contributed by atoms with Crippen molar-refractivity contribution in [2.24, 2.45) is 34.5 Å². The molecule has 1 aromatic rings. The molecule has 0 amide bonds. The summed E-state index contributed by atoms with van der Waals surface area (Å²) in [5.41, 5.74) is 0.724. The number of aromatic nitrogens is 2. The Morgan fingerprint density at radius 1 is 1.29 bits per heavy atom. The summed E-state index contributed by atoms with van der Waals surface area (Å²) in [6.45, 7) is 5.56. The molecule has 1 rings (SSSR count). The van der Waals surface area contributed by atoms with Crippen molar-refractivity contribution in [2.45, 2.75) is 6.92 Å². The Morgan fingerprint density at radius 2 is 1.90 bits per heavy atom. The molecule has 0 aliphatic carbocycles. The van der Waals surface area contributed by atoms with Crippen molar-refractivity contribution in [3.63, 3.8) is 0 Å². The summed E-state index contributed by atoms with van der Waals surface area (Å²) < 4.78 is 3.74. The molecule has 21 heavy (non-hydrogen) atoms. The van der Waals surface area contributed by atoms with Gasteiger partial charge in [0, 0.05) is 33.5 Å². The first-order valence-electron chi connectivity index (χ1n) is 6.51. The Morgan fingerprint density at radius 3 is 2.48 bits per heavy atom. The third-order valence-electron chi connectivity index (χ3n) is 2.65. The van der Waals surface area contributed by atoms with E-state index in [2.05, 4.69) is 27.0 Å². The molecule has 0 radical (unpaired) electrons. The largest absolute Gasteiger partial charge is 0.330 e. The smallest absolute Gasteiger partial charge is 0.229 e. The van der Waals surface area contributed by atoms with Crippen molar-refractivity contribution >= 4 is 5.84 Å². The zero-order valence-electron chi connectivity index (χ0n) is 13.2. The molecule has 114 valence electrons. The second-order valence-corrected chi connectivity index (χ2v) is 4.47. The summed E-state index contributed by atoms with van der Waals surface area (Å²) in [6, 6.07) is 0. The number of quaternary nitrogens is 1. The van der Waals surface area contributed by atoms with E-state index in [0.717, 1.165) is 5.62 Å². The average molecular weight is 291 g/mol. The molecule has 8 heteroatoms. The minimum atomic E-state index is 0.455. The minimum Gasteiger partial charge on any atom is -0.330 e. The Hall–Kier alpha value is -2.48. The van der Waals surface area contributed by atoms with Gasteiger partial charge in [-0.3, -0.25) is 0 Å². The van der Waals surface area contributed by atoms with Gasteiger partial charge in [0.2, 0.25) is 5.62 Å². The van der Waals surface area contributed by atoms with Crippen LogP contribution in [0.1, 0.15) is 6.92 Å². The van der Waals surface area contributed by atoms with Gasteiger partial charge in [-0.05, 0) is 6.92 Å². The molecule has 0 saturated carbocycles. The molecule has 0 saturated heterocycles. The number of aryl methyl sites for hydroxylation is 2. The maximum atomic E-state index is 4.14. The molecule has 0 unspecified atom stereocenters. The summed E-state index contributed by atoms with van der Waals surface area (Å²) in [6.07, 6.45) is 7.55. The van der Waals surface area contributed by atoms with E-state index in [1.54, 1.807) is 11.8 Å². The van der Waals surface area contributed by atoms with E-state index in [0.29, 0.717) is 11.7 Å². The summed E-state index contributed by atoms with van der Waals surface area (Å²) in [4.78, 5) is 1.77. The number of nitrogens with two attached hydrogens (primary N) is 1. The number of azo groups is 1. The van der Waals surface area contributed by atoms with Gasteiger partial charge in [-0.15, -0.1) is 20.4 Å². The fraction of sp³-hybridized carbons (Fsp3) is 0.385. The van der Waals surface area contributed by atoms with Crippen molar-refractivity contribution in [3.8, 4) is 0 Å². The van der Waals surface area contributed by atoms with Crippen molar-refractivity contribution in [3.05, 3.63) is 42.8 Å². The lowest BCUT2D eigenvalue weighted by molar-refractivity contribution is -0.557. The van der Waals surface area contributed by atoms with Crippen molar-refractivity contribution in [1.82, 2.24) is 14.0 Å². The van der Waals surface area contributed by atoms with Crippen LogP contribution < -0.4 is 10.9 Å². The topological polar surface area (TPSA) is 79.2 Å². The third kappa shape index (κ3) is 5.19. The first-order chi connectivity index (χ1) is 9.95. The predicted molar refractivity (Wildman–Crippen MR) is 81.8 cm³/mol. The monoisotopic (exact) mass is 291 g/mol. The molecule has 0 bridgehead atoms. The quantitative estimate of drug-likeness (QED) is 0.355. The molecule has 8 nitrogen and oxygen atoms in total. The lowest BCUT2D eigenvalue weighted by Crippen LogP contribution is -2.72. The molecule has 1 aromatic heterocycles. The van der Waals surface area contributed by atoms with Crippen LogP contribution in [0, 0.1) is 0 Å². The van der Waals surface area contributed by atoms with Gasteiger partial charge in [-0.25, -0.2) is 0 Å². The normalized spacial score (nSPS) is 12.3. The van der Waals surface area contributed by atoms with Gasteiger partial charge in [-0.2, -0.15) is 0 Å². The van der Waals surface area contributed by atoms with Crippen LogP contribution in [0.2, 0.25) is 0 Å². The lowest BCUT2D eigenvalue weighted by atomic mass is 10.6. The van der Waals surface area contributed by atoms with Crippen LogP contribution in [0.25, 0.3) is 0 Å². The molecule has 1 heterocycles. The molecule has 0 atom stereocenters. The number of hydrogen-bond acceptors (Lipinski definition) is 4. The summed E-state index contributed by atoms with van der Waals surface area (Å²) in [5.74, 6) is 0.976. The van der Waals surface area contributed by atoms with E-state index < -0.39 is 0 Å². The Labute approximate surface area is 124 Å². The number of nitrogens with zero attached hydrogens (tertiary/aromatic N) is 7. The summed E-state index contributed by atoms with van der Waals surface area (Å²) in [7, 11) is 7.59. The summed E-state index contributed by atoms with van der Waals surface area (Å²) >= 11 is 0. The number of amidine groups is 1. The second kappa shape index (κ2) is 7.95. The molecule has 0 aliphatic heterocycles. The number of rotatable bonds is 5.